The van der Waals surface area contributed by atoms with Crippen molar-refractivity contribution >= 4 is 72.7 Å². The molecule has 248 valence electrons. The van der Waals surface area contributed by atoms with Crippen LogP contribution < -0.4 is 9.80 Å². The third-order valence-corrected chi connectivity index (χ3v) is 12.4. The van der Waals surface area contributed by atoms with Gasteiger partial charge in [0.05, 0.1) is 48.9 Å². The van der Waals surface area contributed by atoms with E-state index in [0.29, 0.717) is 5.92 Å². The van der Waals surface area contributed by atoms with Crippen LogP contribution in [0, 0.1) is 5.92 Å². The molecule has 2 unspecified atom stereocenters. The molecular formula is C47H33N3OS. The van der Waals surface area contributed by atoms with Crippen LogP contribution in [-0.4, -0.2) is 8.78 Å². The Bertz CT molecular complexity index is 2810. The van der Waals surface area contributed by atoms with Gasteiger partial charge in [-0.1, -0.05) is 97.9 Å². The molecule has 3 aliphatic rings. The highest BCUT2D eigenvalue weighted by Crippen LogP contribution is 2.56. The van der Waals surface area contributed by atoms with E-state index in [0.717, 1.165) is 55.9 Å². The summed E-state index contributed by atoms with van der Waals surface area (Å²) in [7, 11) is -1.38. The van der Waals surface area contributed by atoms with Crippen molar-refractivity contribution in [2.75, 3.05) is 9.80 Å². The lowest BCUT2D eigenvalue weighted by Gasteiger charge is -2.37. The number of nitrogens with zero attached hydrogens (tertiary/aromatic N) is 3. The molecule has 0 saturated heterocycles. The molecule has 5 heteroatoms. The minimum Gasteiger partial charge on any atom is -0.313 e. The highest BCUT2D eigenvalue weighted by Gasteiger charge is 2.34. The van der Waals surface area contributed by atoms with Gasteiger partial charge in [-0.05, 0) is 96.1 Å². The van der Waals surface area contributed by atoms with Gasteiger partial charge in [0.2, 0.25) is 0 Å². The second-order valence-corrected chi connectivity index (χ2v) is 15.5. The molecule has 0 N–H and O–H groups in total. The van der Waals surface area contributed by atoms with E-state index in [9.17, 15) is 4.21 Å². The maximum Gasteiger partial charge on any atom is 0.0893 e. The maximum atomic E-state index is 14.6. The number of benzene rings is 7. The van der Waals surface area contributed by atoms with Gasteiger partial charge < -0.3 is 14.4 Å². The van der Waals surface area contributed by atoms with Crippen molar-refractivity contribution in [3.63, 3.8) is 0 Å². The van der Waals surface area contributed by atoms with Crippen LogP contribution in [0.3, 0.4) is 0 Å². The fourth-order valence-electron chi connectivity index (χ4n) is 8.71. The zero-order valence-corrected chi connectivity index (χ0v) is 29.3. The SMILES string of the molecule is CC1C=Cc2c(n(-c3ccccc3)c3ccc(N4c5cc6c(cc5-c5cccc7cccc4c57)N(c4ccccc4)c4ccccc4S6=O)cc23)C1. The number of rotatable bonds is 3. The maximum absolute atomic E-state index is 14.6. The summed E-state index contributed by atoms with van der Waals surface area (Å²) in [5, 5.41) is 3.65. The number of fused-ring (bicyclic) bond motifs is 7. The van der Waals surface area contributed by atoms with Crippen LogP contribution in [-0.2, 0) is 17.2 Å². The van der Waals surface area contributed by atoms with E-state index in [-0.39, 0.29) is 0 Å². The van der Waals surface area contributed by atoms with Gasteiger partial charge in [-0.2, -0.15) is 0 Å². The topological polar surface area (TPSA) is 28.5 Å². The average molecular weight is 688 g/mol. The van der Waals surface area contributed by atoms with Crippen molar-refractivity contribution in [3.05, 3.63) is 169 Å². The van der Waals surface area contributed by atoms with Crippen molar-refractivity contribution < 1.29 is 4.21 Å². The van der Waals surface area contributed by atoms with E-state index in [1.807, 2.05) is 24.3 Å². The molecule has 2 atom stereocenters. The molecular weight excluding hydrogens is 655 g/mol. The first-order valence-electron chi connectivity index (χ1n) is 17.9. The van der Waals surface area contributed by atoms with E-state index >= 15 is 0 Å². The standard InChI is InChI=1S/C47H33N3OS/c1-30-22-24-35-37-27-34(23-25-39(37)48(42(35)26-30)32-14-4-2-5-15-32)50-41-20-11-13-31-12-10-18-36(47(31)41)38-28-44-46(29-43(38)50)52(51)45-21-9-8-19-40(45)49(44)33-16-6-3-7-17-33/h2-25,27-30H,26H2,1H3. The third-order valence-electron chi connectivity index (χ3n) is 11.0. The van der Waals surface area contributed by atoms with Gasteiger partial charge >= 0.3 is 0 Å². The summed E-state index contributed by atoms with van der Waals surface area (Å²) in [6, 6.07) is 53.8. The van der Waals surface area contributed by atoms with Crippen LogP contribution in [0.15, 0.2) is 168 Å². The Kier molecular flexibility index (Phi) is 6.34. The van der Waals surface area contributed by atoms with Crippen molar-refractivity contribution in [3.8, 4) is 16.8 Å². The number of hydrogen-bond donors (Lipinski definition) is 0. The van der Waals surface area contributed by atoms with Gasteiger partial charge in [0.25, 0.3) is 0 Å². The average Bonchev–Trinajstić information content (AvgIpc) is 3.51. The predicted molar refractivity (Wildman–Crippen MR) is 216 cm³/mol. The first-order chi connectivity index (χ1) is 25.6. The molecule has 1 aromatic heterocycles. The van der Waals surface area contributed by atoms with Crippen LogP contribution in [0.25, 0.3) is 44.6 Å². The molecule has 3 heterocycles. The largest absolute Gasteiger partial charge is 0.313 e. The van der Waals surface area contributed by atoms with Crippen LogP contribution in [0.2, 0.25) is 0 Å². The van der Waals surface area contributed by atoms with Crippen molar-refractivity contribution in [1.29, 1.82) is 0 Å². The Hall–Kier alpha value is -6.17. The lowest BCUT2D eigenvalue weighted by atomic mass is 9.90. The molecule has 1 aliphatic carbocycles. The van der Waals surface area contributed by atoms with Crippen LogP contribution >= 0.6 is 0 Å². The number of allylic oxidation sites excluding steroid dienone is 1. The Labute approximate surface area is 305 Å². The van der Waals surface area contributed by atoms with Crippen molar-refractivity contribution in [1.82, 2.24) is 4.57 Å². The first kappa shape index (κ1) is 29.5. The molecule has 0 radical (unpaired) electrons. The fraction of sp³-hybridized carbons (Fsp3) is 0.0638. The van der Waals surface area contributed by atoms with E-state index in [4.69, 9.17) is 0 Å². The summed E-state index contributed by atoms with van der Waals surface area (Å²) in [4.78, 5) is 6.30. The van der Waals surface area contributed by atoms with Gasteiger partial charge in [0.1, 0.15) is 0 Å². The van der Waals surface area contributed by atoms with Gasteiger partial charge in [0.15, 0.2) is 0 Å². The van der Waals surface area contributed by atoms with Gasteiger partial charge in [-0.3, -0.25) is 0 Å². The van der Waals surface area contributed by atoms with Gasteiger partial charge in [-0.15, -0.1) is 0 Å². The van der Waals surface area contributed by atoms with Crippen molar-refractivity contribution in [2.24, 2.45) is 5.92 Å². The number of anilines is 6. The van der Waals surface area contributed by atoms with Gasteiger partial charge in [0, 0.05) is 44.7 Å². The summed E-state index contributed by atoms with van der Waals surface area (Å²) in [6.45, 7) is 2.29. The summed E-state index contributed by atoms with van der Waals surface area (Å²) < 4.78 is 17.1. The Morgan fingerprint density at radius 2 is 1.29 bits per heavy atom. The molecule has 0 fully saturated rings. The van der Waals surface area contributed by atoms with E-state index in [1.165, 1.54) is 44.2 Å². The Morgan fingerprint density at radius 3 is 2.12 bits per heavy atom. The molecule has 2 aliphatic heterocycles. The first-order valence-corrected chi connectivity index (χ1v) is 19.1. The molecule has 52 heavy (non-hydrogen) atoms. The van der Waals surface area contributed by atoms with Crippen molar-refractivity contribution in [2.45, 2.75) is 23.1 Å². The molecule has 4 nitrogen and oxygen atoms in total. The summed E-state index contributed by atoms with van der Waals surface area (Å²) in [5.41, 5.74) is 13.5. The Balaban J connectivity index is 1.19. The van der Waals surface area contributed by atoms with Crippen LogP contribution in [0.4, 0.5) is 34.1 Å². The minimum absolute atomic E-state index is 0.467. The van der Waals surface area contributed by atoms with Crippen LogP contribution in [0.1, 0.15) is 18.2 Å². The Morgan fingerprint density at radius 1 is 0.577 bits per heavy atom. The number of para-hydroxylation sites is 3. The highest BCUT2D eigenvalue weighted by atomic mass is 32.2. The molecule has 0 spiro atoms. The van der Waals surface area contributed by atoms with E-state index < -0.39 is 10.8 Å². The smallest absolute Gasteiger partial charge is 0.0893 e. The molecule has 0 bridgehead atoms. The normalized spacial score (nSPS) is 16.8. The third kappa shape index (κ3) is 4.17. The summed E-state index contributed by atoms with van der Waals surface area (Å²) >= 11 is 0. The summed E-state index contributed by atoms with van der Waals surface area (Å²) in [5.74, 6) is 0.467. The lowest BCUT2D eigenvalue weighted by Crippen LogP contribution is -2.21. The number of hydrogen-bond acceptors (Lipinski definition) is 3. The molecule has 11 rings (SSSR count). The molecule has 0 saturated carbocycles. The molecule has 0 amide bonds. The molecule has 7 aromatic carbocycles. The van der Waals surface area contributed by atoms with E-state index in [1.54, 1.807) is 0 Å². The second kappa shape index (κ2) is 11.2. The predicted octanol–water partition coefficient (Wildman–Crippen LogP) is 12.4. The zero-order valence-electron chi connectivity index (χ0n) is 28.5. The fourth-order valence-corrected chi connectivity index (χ4v) is 10.1. The quantitative estimate of drug-likeness (QED) is 0.185. The second-order valence-electron chi connectivity index (χ2n) is 14.0. The lowest BCUT2D eigenvalue weighted by molar-refractivity contribution is 0.682. The highest BCUT2D eigenvalue weighted by molar-refractivity contribution is 7.85. The molecule has 8 aromatic rings. The van der Waals surface area contributed by atoms with Gasteiger partial charge in [-0.25, -0.2) is 4.21 Å². The van der Waals surface area contributed by atoms with E-state index in [2.05, 4.69) is 161 Å². The summed E-state index contributed by atoms with van der Waals surface area (Å²) in [6.07, 6.45) is 5.65. The monoisotopic (exact) mass is 687 g/mol. The minimum atomic E-state index is -1.38. The van der Waals surface area contributed by atoms with Crippen LogP contribution in [0.5, 0.6) is 0 Å². The zero-order chi connectivity index (χ0) is 34.5. The number of aromatic nitrogens is 1.